The van der Waals surface area contributed by atoms with Gasteiger partial charge in [-0.1, -0.05) is 60.7 Å². The van der Waals surface area contributed by atoms with Gasteiger partial charge in [0, 0.05) is 13.0 Å². The van der Waals surface area contributed by atoms with Gasteiger partial charge in [-0.05, 0) is 38.8 Å². The maximum absolute atomic E-state index is 11.9. The summed E-state index contributed by atoms with van der Waals surface area (Å²) >= 11 is 0. The molecule has 3 aliphatic heterocycles. The fourth-order valence-corrected chi connectivity index (χ4v) is 4.46. The van der Waals surface area contributed by atoms with Crippen molar-refractivity contribution in [3.63, 3.8) is 0 Å². The molecular formula is C31H36O9. The molecule has 0 saturated carbocycles. The summed E-state index contributed by atoms with van der Waals surface area (Å²) in [7, 11) is 0. The first-order valence-electron chi connectivity index (χ1n) is 13.3. The number of rotatable bonds is 9. The molecule has 5 rings (SSSR count). The number of carbonyl (C=O) groups is 2. The number of hydrogen-bond acceptors (Lipinski definition) is 9. The van der Waals surface area contributed by atoms with E-state index < -0.39 is 18.0 Å². The van der Waals surface area contributed by atoms with E-state index in [1.165, 1.54) is 0 Å². The average molecular weight is 553 g/mol. The fourth-order valence-electron chi connectivity index (χ4n) is 4.46. The van der Waals surface area contributed by atoms with Crippen LogP contribution in [0, 0.1) is 0 Å². The summed E-state index contributed by atoms with van der Waals surface area (Å²) in [6.07, 6.45) is -0.973. The molecule has 1 N–H and O–H groups in total. The van der Waals surface area contributed by atoms with Crippen molar-refractivity contribution in [2.45, 2.75) is 71.4 Å². The zero-order valence-electron chi connectivity index (χ0n) is 23.3. The summed E-state index contributed by atoms with van der Waals surface area (Å²) in [6.45, 7) is 8.18. The Morgan fingerprint density at radius 1 is 0.825 bits per heavy atom. The van der Waals surface area contributed by atoms with E-state index in [-0.39, 0.29) is 24.6 Å². The third-order valence-electron chi connectivity index (χ3n) is 6.62. The minimum atomic E-state index is -0.669. The molecule has 3 aliphatic rings. The molecule has 0 bridgehead atoms. The van der Waals surface area contributed by atoms with Gasteiger partial charge in [0.15, 0.2) is 23.8 Å². The fraction of sp³-hybridized carbons (Fsp3) is 0.419. The number of aliphatic hydroxyl groups is 1. The molecular weight excluding hydrogens is 516 g/mol. The van der Waals surface area contributed by atoms with Gasteiger partial charge in [-0.15, -0.1) is 0 Å². The maximum Gasteiger partial charge on any atom is 0.338 e. The Labute approximate surface area is 234 Å². The van der Waals surface area contributed by atoms with E-state index in [0.717, 1.165) is 11.1 Å². The smallest absolute Gasteiger partial charge is 0.338 e. The monoisotopic (exact) mass is 552 g/mol. The van der Waals surface area contributed by atoms with Crippen molar-refractivity contribution in [3.8, 4) is 0 Å². The number of carbonyl (C=O) groups excluding carboxylic acids is 2. The highest BCUT2D eigenvalue weighted by molar-refractivity contribution is 5.91. The van der Waals surface area contributed by atoms with Gasteiger partial charge in [-0.3, -0.25) is 0 Å². The molecule has 214 valence electrons. The molecule has 0 amide bonds. The molecule has 3 atom stereocenters. The van der Waals surface area contributed by atoms with Gasteiger partial charge < -0.3 is 33.5 Å². The van der Waals surface area contributed by atoms with E-state index in [4.69, 9.17) is 33.5 Å². The molecule has 1 saturated heterocycles. The highest BCUT2D eigenvalue weighted by atomic mass is 16.8. The topological polar surface area (TPSA) is 110 Å². The van der Waals surface area contributed by atoms with Crippen molar-refractivity contribution in [1.29, 1.82) is 0 Å². The van der Waals surface area contributed by atoms with Crippen molar-refractivity contribution in [2.75, 3.05) is 13.2 Å². The minimum absolute atomic E-state index is 0.0383. The van der Waals surface area contributed by atoms with Gasteiger partial charge in [-0.25, -0.2) is 9.59 Å². The molecule has 0 aromatic heterocycles. The lowest BCUT2D eigenvalue weighted by Crippen LogP contribution is -2.33. The highest BCUT2D eigenvalue weighted by Gasteiger charge is 2.46. The third-order valence-corrected chi connectivity index (χ3v) is 6.62. The molecule has 3 unspecified atom stereocenters. The summed E-state index contributed by atoms with van der Waals surface area (Å²) in [6, 6.07) is 19.5. The molecule has 0 spiro atoms. The average Bonchev–Trinajstić information content (AvgIpc) is 3.55. The van der Waals surface area contributed by atoms with E-state index in [2.05, 4.69) is 0 Å². The van der Waals surface area contributed by atoms with Crippen LogP contribution < -0.4 is 0 Å². The van der Waals surface area contributed by atoms with Crippen molar-refractivity contribution in [3.05, 3.63) is 94.5 Å². The quantitative estimate of drug-likeness (QED) is 0.454. The lowest BCUT2D eigenvalue weighted by molar-refractivity contribution is -0.163. The van der Waals surface area contributed by atoms with E-state index in [1.54, 1.807) is 13.8 Å². The van der Waals surface area contributed by atoms with E-state index in [1.807, 2.05) is 74.5 Å². The van der Waals surface area contributed by atoms with Crippen molar-refractivity contribution in [2.24, 2.45) is 0 Å². The number of ether oxygens (including phenoxy) is 6. The Kier molecular flexibility index (Phi) is 9.63. The van der Waals surface area contributed by atoms with Crippen LogP contribution in [0.25, 0.3) is 0 Å². The Balaban J connectivity index is 0.000000189. The Morgan fingerprint density at radius 3 is 1.88 bits per heavy atom. The molecule has 2 aromatic rings. The number of benzene rings is 2. The van der Waals surface area contributed by atoms with Crippen molar-refractivity contribution in [1.82, 2.24) is 0 Å². The molecule has 2 aromatic carbocycles. The SMILES string of the molecule is CC1=C(OCc2ccccc2)C(C2COC(C)(C)O2)OC1=O.CC1=C(OCc2ccccc2)C(CCO)OC1=O. The van der Waals surface area contributed by atoms with Crippen LogP contribution in [0.1, 0.15) is 45.2 Å². The van der Waals surface area contributed by atoms with Crippen LogP contribution in [-0.4, -0.2) is 54.4 Å². The highest BCUT2D eigenvalue weighted by Crippen LogP contribution is 2.34. The second-order valence-electron chi connectivity index (χ2n) is 10.1. The van der Waals surface area contributed by atoms with Crippen LogP contribution in [0.15, 0.2) is 83.3 Å². The summed E-state index contributed by atoms with van der Waals surface area (Å²) in [5, 5.41) is 8.93. The van der Waals surface area contributed by atoms with Gasteiger partial charge in [0.2, 0.25) is 0 Å². The van der Waals surface area contributed by atoms with Crippen LogP contribution in [0.5, 0.6) is 0 Å². The first-order chi connectivity index (χ1) is 19.2. The second kappa shape index (κ2) is 13.1. The lowest BCUT2D eigenvalue weighted by atomic mass is 10.1. The predicted molar refractivity (Wildman–Crippen MR) is 144 cm³/mol. The zero-order valence-corrected chi connectivity index (χ0v) is 23.3. The maximum atomic E-state index is 11.9. The first kappa shape index (κ1) is 29.3. The van der Waals surface area contributed by atoms with Crippen LogP contribution in [0.2, 0.25) is 0 Å². The van der Waals surface area contributed by atoms with Gasteiger partial charge in [0.1, 0.15) is 25.1 Å². The number of aliphatic hydroxyl groups excluding tert-OH is 1. The normalized spacial score (nSPS) is 23.5. The van der Waals surface area contributed by atoms with Gasteiger partial charge in [0.25, 0.3) is 0 Å². The number of hydrogen-bond donors (Lipinski definition) is 1. The zero-order chi connectivity index (χ0) is 28.7. The van der Waals surface area contributed by atoms with Crippen LogP contribution in [0.4, 0.5) is 0 Å². The van der Waals surface area contributed by atoms with Crippen LogP contribution in [-0.2, 0) is 51.2 Å². The molecule has 0 radical (unpaired) electrons. The van der Waals surface area contributed by atoms with E-state index in [0.29, 0.717) is 48.9 Å². The molecule has 40 heavy (non-hydrogen) atoms. The number of cyclic esters (lactones) is 2. The number of esters is 2. The Hall–Kier alpha value is -3.66. The summed E-state index contributed by atoms with van der Waals surface area (Å²) in [5.74, 6) is -0.311. The standard InChI is InChI=1S/C17H20O5.C14H16O4/c1-11-14(19-9-12-7-5-4-6-8-12)15(21-16(11)18)13-10-20-17(2,3)22-13;1-10-13(12(7-8-15)18-14(10)16)17-9-11-5-3-2-4-6-11/h4-8,13,15H,9-10H2,1-3H3;2-6,12,15H,7-9H2,1H3. The second-order valence-corrected chi connectivity index (χ2v) is 10.1. The summed E-state index contributed by atoms with van der Waals surface area (Å²) < 4.78 is 33.4. The largest absolute Gasteiger partial charge is 0.489 e. The molecule has 9 nitrogen and oxygen atoms in total. The molecule has 1 fully saturated rings. The van der Waals surface area contributed by atoms with E-state index in [9.17, 15) is 9.59 Å². The van der Waals surface area contributed by atoms with Crippen molar-refractivity contribution >= 4 is 11.9 Å². The van der Waals surface area contributed by atoms with Crippen LogP contribution >= 0.6 is 0 Å². The third kappa shape index (κ3) is 7.29. The van der Waals surface area contributed by atoms with Crippen LogP contribution in [0.3, 0.4) is 0 Å². The Morgan fingerprint density at radius 2 is 1.35 bits per heavy atom. The summed E-state index contributed by atoms with van der Waals surface area (Å²) in [4.78, 5) is 23.3. The summed E-state index contributed by atoms with van der Waals surface area (Å²) in [5.41, 5.74) is 3.04. The Bertz CT molecular complexity index is 1230. The van der Waals surface area contributed by atoms with Gasteiger partial charge >= 0.3 is 11.9 Å². The van der Waals surface area contributed by atoms with Gasteiger partial charge in [-0.2, -0.15) is 0 Å². The molecule has 0 aliphatic carbocycles. The lowest BCUT2D eigenvalue weighted by Gasteiger charge is -2.22. The first-order valence-corrected chi connectivity index (χ1v) is 13.3. The molecule has 3 heterocycles. The van der Waals surface area contributed by atoms with Crippen molar-refractivity contribution < 1.29 is 43.1 Å². The minimum Gasteiger partial charge on any atom is -0.489 e. The molecule has 9 heteroatoms. The van der Waals surface area contributed by atoms with E-state index >= 15 is 0 Å². The van der Waals surface area contributed by atoms with Gasteiger partial charge in [0.05, 0.1) is 17.8 Å². The predicted octanol–water partition coefficient (Wildman–Crippen LogP) is 4.34.